The van der Waals surface area contributed by atoms with Crippen molar-refractivity contribution in [1.82, 2.24) is 5.32 Å². The van der Waals surface area contributed by atoms with E-state index < -0.39 is 5.97 Å². The van der Waals surface area contributed by atoms with Crippen LogP contribution in [0.5, 0.6) is 5.75 Å². The highest BCUT2D eigenvalue weighted by atomic mass is 79.9. The van der Waals surface area contributed by atoms with Crippen molar-refractivity contribution in [2.75, 3.05) is 19.8 Å². The van der Waals surface area contributed by atoms with Crippen molar-refractivity contribution in [2.45, 2.75) is 13.3 Å². The summed E-state index contributed by atoms with van der Waals surface area (Å²) >= 11 is 3.35. The van der Waals surface area contributed by atoms with Gasteiger partial charge in [-0.05, 0) is 30.7 Å². The van der Waals surface area contributed by atoms with Crippen LogP contribution < -0.4 is 10.1 Å². The van der Waals surface area contributed by atoms with Crippen molar-refractivity contribution in [2.24, 2.45) is 0 Å². The Balaban J connectivity index is 1.98. The normalized spacial score (nSPS) is 10.2. The topological polar surface area (TPSA) is 64.6 Å². The van der Waals surface area contributed by atoms with Gasteiger partial charge in [-0.25, -0.2) is 0 Å². The van der Waals surface area contributed by atoms with Gasteiger partial charge in [-0.1, -0.05) is 46.3 Å². The highest BCUT2D eigenvalue weighted by Crippen LogP contribution is 2.23. The van der Waals surface area contributed by atoms with Crippen molar-refractivity contribution < 1.29 is 19.1 Å². The number of nitrogens with one attached hydrogen (secondary N) is 1. The number of ether oxygens (including phenoxy) is 2. The van der Waals surface area contributed by atoms with Crippen LogP contribution in [0.2, 0.25) is 0 Å². The first-order chi connectivity index (χ1) is 12.1. The number of rotatable bonds is 8. The van der Waals surface area contributed by atoms with Crippen molar-refractivity contribution in [3.8, 4) is 5.75 Å². The third-order valence-electron chi connectivity index (χ3n) is 3.38. The van der Waals surface area contributed by atoms with Gasteiger partial charge >= 0.3 is 5.97 Å². The second-order valence-electron chi connectivity index (χ2n) is 5.21. The summed E-state index contributed by atoms with van der Waals surface area (Å²) in [7, 11) is 0. The highest BCUT2D eigenvalue weighted by Gasteiger charge is 2.15. The van der Waals surface area contributed by atoms with Gasteiger partial charge in [0.05, 0.1) is 18.8 Å². The van der Waals surface area contributed by atoms with Gasteiger partial charge in [0, 0.05) is 10.9 Å². The minimum Gasteiger partial charge on any atom is -0.492 e. The molecule has 0 bridgehead atoms. The molecule has 6 heteroatoms. The maximum Gasteiger partial charge on any atom is 0.325 e. The smallest absolute Gasteiger partial charge is 0.325 e. The molecule has 0 saturated heterocycles. The van der Waals surface area contributed by atoms with Crippen LogP contribution in [0.1, 0.15) is 22.8 Å². The van der Waals surface area contributed by atoms with Crippen LogP contribution in [0, 0.1) is 0 Å². The predicted molar refractivity (Wildman–Crippen MR) is 98.7 cm³/mol. The van der Waals surface area contributed by atoms with E-state index >= 15 is 0 Å². The molecule has 5 nitrogen and oxygen atoms in total. The van der Waals surface area contributed by atoms with Crippen molar-refractivity contribution in [1.29, 1.82) is 0 Å². The van der Waals surface area contributed by atoms with Crippen molar-refractivity contribution in [3.05, 3.63) is 64.1 Å². The van der Waals surface area contributed by atoms with E-state index in [0.717, 1.165) is 16.5 Å². The molecule has 0 aliphatic heterocycles. The van der Waals surface area contributed by atoms with E-state index in [1.807, 2.05) is 30.3 Å². The van der Waals surface area contributed by atoms with E-state index in [2.05, 4.69) is 21.2 Å². The summed E-state index contributed by atoms with van der Waals surface area (Å²) in [6, 6.07) is 15.2. The zero-order valence-corrected chi connectivity index (χ0v) is 15.5. The first kappa shape index (κ1) is 19.0. The molecule has 0 aromatic heterocycles. The van der Waals surface area contributed by atoms with Gasteiger partial charge in [-0.15, -0.1) is 0 Å². The first-order valence-electron chi connectivity index (χ1n) is 8.00. The predicted octanol–water partition coefficient (Wildman–Crippen LogP) is 3.36. The zero-order chi connectivity index (χ0) is 18.1. The highest BCUT2D eigenvalue weighted by molar-refractivity contribution is 9.10. The molecule has 0 radical (unpaired) electrons. The van der Waals surface area contributed by atoms with E-state index in [-0.39, 0.29) is 19.1 Å². The van der Waals surface area contributed by atoms with Gasteiger partial charge in [0.2, 0.25) is 0 Å². The quantitative estimate of drug-likeness (QED) is 0.683. The SMILES string of the molecule is CCOC(=O)CNC(=O)c1cc(Br)ccc1OCCc1ccccc1. The number of carbonyl (C=O) groups excluding carboxylic acids is 2. The van der Waals surface area contributed by atoms with Crippen LogP contribution in [-0.4, -0.2) is 31.6 Å². The van der Waals surface area contributed by atoms with Crippen LogP contribution in [-0.2, 0) is 16.0 Å². The molecule has 0 heterocycles. The molecule has 0 unspecified atom stereocenters. The monoisotopic (exact) mass is 405 g/mol. The molecule has 132 valence electrons. The summed E-state index contributed by atoms with van der Waals surface area (Å²) in [5.41, 5.74) is 1.53. The lowest BCUT2D eigenvalue weighted by Gasteiger charge is -2.12. The molecule has 0 aliphatic rings. The number of benzene rings is 2. The van der Waals surface area contributed by atoms with Crippen LogP contribution in [0.15, 0.2) is 53.0 Å². The molecule has 2 aromatic rings. The standard InChI is InChI=1S/C19H20BrNO4/c1-2-24-18(22)13-21-19(23)16-12-15(20)8-9-17(16)25-11-10-14-6-4-3-5-7-14/h3-9,12H,2,10-11,13H2,1H3,(H,21,23). The average molecular weight is 406 g/mol. The number of esters is 1. The van der Waals surface area contributed by atoms with Gasteiger partial charge < -0.3 is 14.8 Å². The summed E-state index contributed by atoms with van der Waals surface area (Å²) in [6.07, 6.45) is 0.737. The molecule has 25 heavy (non-hydrogen) atoms. The first-order valence-corrected chi connectivity index (χ1v) is 8.79. The largest absolute Gasteiger partial charge is 0.492 e. The molecule has 0 spiro atoms. The van der Waals surface area contributed by atoms with E-state index in [0.29, 0.717) is 17.9 Å². The molecule has 0 fully saturated rings. The van der Waals surface area contributed by atoms with Gasteiger partial charge in [-0.2, -0.15) is 0 Å². The van der Waals surface area contributed by atoms with Crippen LogP contribution in [0.3, 0.4) is 0 Å². The number of hydrogen-bond acceptors (Lipinski definition) is 4. The third-order valence-corrected chi connectivity index (χ3v) is 3.87. The van der Waals surface area contributed by atoms with Gasteiger partial charge in [-0.3, -0.25) is 9.59 Å². The van der Waals surface area contributed by atoms with E-state index in [9.17, 15) is 9.59 Å². The summed E-state index contributed by atoms with van der Waals surface area (Å²) in [4.78, 5) is 23.7. The van der Waals surface area contributed by atoms with Crippen molar-refractivity contribution in [3.63, 3.8) is 0 Å². The molecular formula is C19H20BrNO4. The Kier molecular flexibility index (Phi) is 7.47. The number of hydrogen-bond donors (Lipinski definition) is 1. The fourth-order valence-electron chi connectivity index (χ4n) is 2.19. The lowest BCUT2D eigenvalue weighted by Crippen LogP contribution is -2.31. The second kappa shape index (κ2) is 9.84. The molecule has 2 rings (SSSR count). The summed E-state index contributed by atoms with van der Waals surface area (Å²) in [5.74, 6) is -0.387. The average Bonchev–Trinajstić information content (AvgIpc) is 2.62. The van der Waals surface area contributed by atoms with E-state index in [1.54, 1.807) is 25.1 Å². The Hall–Kier alpha value is -2.34. The van der Waals surface area contributed by atoms with Gasteiger partial charge in [0.1, 0.15) is 12.3 Å². The minimum absolute atomic E-state index is 0.178. The molecule has 1 amide bonds. The number of amides is 1. The Morgan fingerprint density at radius 3 is 2.60 bits per heavy atom. The van der Waals surface area contributed by atoms with Crippen LogP contribution in [0.25, 0.3) is 0 Å². The number of carbonyl (C=O) groups is 2. The maximum atomic E-state index is 12.3. The summed E-state index contributed by atoms with van der Waals surface area (Å²) in [5, 5.41) is 2.54. The van der Waals surface area contributed by atoms with E-state index in [1.165, 1.54) is 0 Å². The second-order valence-corrected chi connectivity index (χ2v) is 6.13. The van der Waals surface area contributed by atoms with Crippen LogP contribution >= 0.6 is 15.9 Å². The fraction of sp³-hybridized carbons (Fsp3) is 0.263. The minimum atomic E-state index is -0.475. The van der Waals surface area contributed by atoms with Gasteiger partial charge in [0.15, 0.2) is 0 Å². The lowest BCUT2D eigenvalue weighted by atomic mass is 10.1. The zero-order valence-electron chi connectivity index (χ0n) is 14.0. The van der Waals surface area contributed by atoms with E-state index in [4.69, 9.17) is 9.47 Å². The molecular weight excluding hydrogens is 386 g/mol. The lowest BCUT2D eigenvalue weighted by molar-refractivity contribution is -0.141. The Bertz CT molecular complexity index is 719. The summed E-state index contributed by atoms with van der Waals surface area (Å²) in [6.45, 7) is 2.26. The molecule has 2 aromatic carbocycles. The molecule has 1 N–H and O–H groups in total. The molecule has 0 saturated carbocycles. The number of halogens is 1. The van der Waals surface area contributed by atoms with Crippen molar-refractivity contribution >= 4 is 27.8 Å². The maximum absolute atomic E-state index is 12.3. The summed E-state index contributed by atoms with van der Waals surface area (Å²) < 4.78 is 11.3. The third kappa shape index (κ3) is 6.23. The Morgan fingerprint density at radius 2 is 1.88 bits per heavy atom. The Labute approximate surface area is 155 Å². The molecule has 0 aliphatic carbocycles. The Morgan fingerprint density at radius 1 is 1.12 bits per heavy atom. The molecule has 0 atom stereocenters. The fourth-order valence-corrected chi connectivity index (χ4v) is 2.55. The van der Waals surface area contributed by atoms with Crippen LogP contribution in [0.4, 0.5) is 0 Å². The van der Waals surface area contributed by atoms with Gasteiger partial charge in [0.25, 0.3) is 5.91 Å².